The van der Waals surface area contributed by atoms with Crippen LogP contribution in [0.25, 0.3) is 0 Å². The molecule has 0 bridgehead atoms. The number of ether oxygens (including phenoxy) is 1. The topological polar surface area (TPSA) is 46.5 Å². The minimum Gasteiger partial charge on any atom is -0.493 e. The summed E-state index contributed by atoms with van der Waals surface area (Å²) in [6.45, 7) is 2.32. The van der Waals surface area contributed by atoms with Gasteiger partial charge in [-0.3, -0.25) is 4.79 Å². The van der Waals surface area contributed by atoms with E-state index >= 15 is 0 Å². The van der Waals surface area contributed by atoms with Crippen molar-refractivity contribution in [2.24, 2.45) is 0 Å². The number of benzene rings is 2. The SMILES string of the molecule is Cc1ccc(C(CCCOc2cccc(F)c2)C(=O)O)cc1. The zero-order valence-electron chi connectivity index (χ0n) is 12.5. The quantitative estimate of drug-likeness (QED) is 0.781. The number of hydrogen-bond acceptors (Lipinski definition) is 2. The first-order valence-electron chi connectivity index (χ1n) is 7.24. The van der Waals surface area contributed by atoms with Gasteiger partial charge < -0.3 is 9.84 Å². The molecule has 0 saturated carbocycles. The first kappa shape index (κ1) is 16.0. The molecule has 2 aromatic rings. The molecule has 0 spiro atoms. The highest BCUT2D eigenvalue weighted by atomic mass is 19.1. The highest BCUT2D eigenvalue weighted by Gasteiger charge is 2.19. The van der Waals surface area contributed by atoms with Crippen LogP contribution in [0.15, 0.2) is 48.5 Å². The Kier molecular flexibility index (Phi) is 5.53. The zero-order valence-corrected chi connectivity index (χ0v) is 12.5. The molecule has 0 fully saturated rings. The van der Waals surface area contributed by atoms with E-state index in [1.165, 1.54) is 12.1 Å². The van der Waals surface area contributed by atoms with Gasteiger partial charge >= 0.3 is 5.97 Å². The maximum absolute atomic E-state index is 13.0. The standard InChI is InChI=1S/C18H19FO3/c1-13-7-9-14(10-8-13)17(18(20)21)6-3-11-22-16-5-2-4-15(19)12-16/h2,4-5,7-10,12,17H,3,6,11H2,1H3,(H,20,21). The van der Waals surface area contributed by atoms with E-state index in [1.54, 1.807) is 12.1 Å². The summed E-state index contributed by atoms with van der Waals surface area (Å²) in [6.07, 6.45) is 1.06. The van der Waals surface area contributed by atoms with Crippen molar-refractivity contribution in [1.29, 1.82) is 0 Å². The number of carboxylic acid groups (broad SMARTS) is 1. The smallest absolute Gasteiger partial charge is 0.310 e. The summed E-state index contributed by atoms with van der Waals surface area (Å²) in [5.41, 5.74) is 1.89. The number of aryl methyl sites for hydroxylation is 1. The Morgan fingerprint density at radius 3 is 2.59 bits per heavy atom. The molecule has 3 nitrogen and oxygen atoms in total. The largest absolute Gasteiger partial charge is 0.493 e. The van der Waals surface area contributed by atoms with E-state index in [2.05, 4.69) is 0 Å². The molecule has 0 aliphatic heterocycles. The zero-order chi connectivity index (χ0) is 15.9. The van der Waals surface area contributed by atoms with Crippen LogP contribution >= 0.6 is 0 Å². The minimum atomic E-state index is -0.838. The molecule has 0 aromatic heterocycles. The average Bonchev–Trinajstić information content (AvgIpc) is 2.48. The maximum atomic E-state index is 13.0. The van der Waals surface area contributed by atoms with E-state index in [4.69, 9.17) is 4.74 Å². The summed E-state index contributed by atoms with van der Waals surface area (Å²) in [5, 5.41) is 9.36. The van der Waals surface area contributed by atoms with Crippen LogP contribution in [0, 0.1) is 12.7 Å². The van der Waals surface area contributed by atoms with Crippen molar-refractivity contribution in [1.82, 2.24) is 0 Å². The molecule has 0 amide bonds. The minimum absolute atomic E-state index is 0.347. The van der Waals surface area contributed by atoms with Crippen LogP contribution in [-0.4, -0.2) is 17.7 Å². The third-order valence-electron chi connectivity index (χ3n) is 3.48. The van der Waals surface area contributed by atoms with Crippen molar-refractivity contribution in [3.8, 4) is 5.75 Å². The predicted molar refractivity (Wildman–Crippen MR) is 82.7 cm³/mol. The Morgan fingerprint density at radius 1 is 1.23 bits per heavy atom. The summed E-state index contributed by atoms with van der Waals surface area (Å²) in [5.74, 6) is -1.27. The third-order valence-corrected chi connectivity index (χ3v) is 3.48. The van der Waals surface area contributed by atoms with Gasteiger partial charge in [-0.15, -0.1) is 0 Å². The first-order chi connectivity index (χ1) is 10.6. The lowest BCUT2D eigenvalue weighted by Gasteiger charge is -2.13. The van der Waals surface area contributed by atoms with Gasteiger partial charge in [-0.05, 0) is 37.5 Å². The molecule has 4 heteroatoms. The van der Waals surface area contributed by atoms with Crippen LogP contribution < -0.4 is 4.74 Å². The molecule has 0 heterocycles. The van der Waals surface area contributed by atoms with Gasteiger partial charge in [-0.1, -0.05) is 35.9 Å². The van der Waals surface area contributed by atoms with E-state index in [9.17, 15) is 14.3 Å². The molecular formula is C18H19FO3. The van der Waals surface area contributed by atoms with Gasteiger partial charge in [0.25, 0.3) is 0 Å². The first-order valence-corrected chi connectivity index (χ1v) is 7.24. The number of carbonyl (C=O) groups is 1. The summed E-state index contributed by atoms with van der Waals surface area (Å²) < 4.78 is 18.4. The summed E-state index contributed by atoms with van der Waals surface area (Å²) >= 11 is 0. The van der Waals surface area contributed by atoms with E-state index < -0.39 is 11.9 Å². The molecule has 0 saturated heterocycles. The Labute approximate surface area is 129 Å². The molecule has 0 aliphatic rings. The van der Waals surface area contributed by atoms with Crippen LogP contribution in [0.1, 0.15) is 29.9 Å². The normalized spacial score (nSPS) is 11.9. The van der Waals surface area contributed by atoms with Crippen LogP contribution in [0.2, 0.25) is 0 Å². The summed E-state index contributed by atoms with van der Waals surface area (Å²) in [7, 11) is 0. The van der Waals surface area contributed by atoms with Crippen molar-refractivity contribution < 1.29 is 19.0 Å². The van der Waals surface area contributed by atoms with Gasteiger partial charge in [0.15, 0.2) is 0 Å². The van der Waals surface area contributed by atoms with Crippen molar-refractivity contribution >= 4 is 5.97 Å². The fraction of sp³-hybridized carbons (Fsp3) is 0.278. The highest BCUT2D eigenvalue weighted by molar-refractivity contribution is 5.76. The summed E-state index contributed by atoms with van der Waals surface area (Å²) in [6, 6.07) is 13.4. The van der Waals surface area contributed by atoms with Crippen molar-refractivity contribution in [3.63, 3.8) is 0 Å². The second-order valence-corrected chi connectivity index (χ2v) is 5.25. The van der Waals surface area contributed by atoms with Crippen LogP contribution in [0.3, 0.4) is 0 Å². The molecule has 22 heavy (non-hydrogen) atoms. The molecule has 1 unspecified atom stereocenters. The average molecular weight is 302 g/mol. The van der Waals surface area contributed by atoms with E-state index in [-0.39, 0.29) is 5.82 Å². The molecular weight excluding hydrogens is 283 g/mol. The van der Waals surface area contributed by atoms with Crippen molar-refractivity contribution in [2.45, 2.75) is 25.7 Å². The maximum Gasteiger partial charge on any atom is 0.310 e. The van der Waals surface area contributed by atoms with Crippen molar-refractivity contribution in [3.05, 3.63) is 65.5 Å². The Bertz CT molecular complexity index is 622. The molecule has 2 rings (SSSR count). The van der Waals surface area contributed by atoms with Gasteiger partial charge in [0.05, 0.1) is 12.5 Å². The highest BCUT2D eigenvalue weighted by Crippen LogP contribution is 2.22. The number of hydrogen-bond donors (Lipinski definition) is 1. The van der Waals surface area contributed by atoms with E-state index in [1.807, 2.05) is 31.2 Å². The predicted octanol–water partition coefficient (Wildman–Crippen LogP) is 4.16. The van der Waals surface area contributed by atoms with Gasteiger partial charge in [0, 0.05) is 6.07 Å². The van der Waals surface area contributed by atoms with Crippen LogP contribution in [-0.2, 0) is 4.79 Å². The lowest BCUT2D eigenvalue weighted by Crippen LogP contribution is -2.13. The monoisotopic (exact) mass is 302 g/mol. The molecule has 1 N–H and O–H groups in total. The van der Waals surface area contributed by atoms with Gasteiger partial charge in [-0.25, -0.2) is 4.39 Å². The fourth-order valence-electron chi connectivity index (χ4n) is 2.27. The molecule has 1 atom stereocenters. The Balaban J connectivity index is 1.87. The number of aliphatic carboxylic acids is 1. The van der Waals surface area contributed by atoms with E-state index in [0.717, 1.165) is 11.1 Å². The number of carboxylic acids is 1. The van der Waals surface area contributed by atoms with Gasteiger partial charge in [0.2, 0.25) is 0 Å². The van der Waals surface area contributed by atoms with E-state index in [0.29, 0.717) is 25.2 Å². The third kappa shape index (κ3) is 4.58. The molecule has 2 aromatic carbocycles. The van der Waals surface area contributed by atoms with Gasteiger partial charge in [-0.2, -0.15) is 0 Å². The summed E-state index contributed by atoms with van der Waals surface area (Å²) in [4.78, 5) is 11.4. The second kappa shape index (κ2) is 7.59. The fourth-order valence-corrected chi connectivity index (χ4v) is 2.27. The molecule has 0 aliphatic carbocycles. The Hall–Kier alpha value is -2.36. The van der Waals surface area contributed by atoms with Crippen molar-refractivity contribution in [2.75, 3.05) is 6.61 Å². The van der Waals surface area contributed by atoms with Crippen LogP contribution in [0.5, 0.6) is 5.75 Å². The van der Waals surface area contributed by atoms with Crippen LogP contribution in [0.4, 0.5) is 4.39 Å². The molecule has 0 radical (unpaired) electrons. The second-order valence-electron chi connectivity index (χ2n) is 5.25. The Morgan fingerprint density at radius 2 is 1.95 bits per heavy atom. The number of halogens is 1. The number of rotatable bonds is 7. The molecule has 116 valence electrons. The lowest BCUT2D eigenvalue weighted by atomic mass is 9.94. The lowest BCUT2D eigenvalue weighted by molar-refractivity contribution is -0.139. The van der Waals surface area contributed by atoms with Gasteiger partial charge in [0.1, 0.15) is 11.6 Å².